The lowest BCUT2D eigenvalue weighted by Crippen LogP contribution is -2.25. The molecule has 21 heavy (non-hydrogen) atoms. The minimum Gasteiger partial charge on any atom is -0.376 e. The highest BCUT2D eigenvalue weighted by atomic mass is 32.2. The number of halogens is 4. The van der Waals surface area contributed by atoms with Gasteiger partial charge in [-0.05, 0) is 49.5 Å². The number of fused-ring (bicyclic) bond motifs is 1. The van der Waals surface area contributed by atoms with E-state index < -0.39 is 27.2 Å². The lowest BCUT2D eigenvalue weighted by Gasteiger charge is -2.16. The van der Waals surface area contributed by atoms with Crippen molar-refractivity contribution >= 4 is 15.9 Å². The molecule has 0 aliphatic heterocycles. The molecule has 0 radical (unpaired) electrons. The van der Waals surface area contributed by atoms with Crippen molar-refractivity contribution < 1.29 is 30.2 Å². The number of rotatable bonds is 2. The maximum atomic E-state index is 13.8. The molecule has 116 valence electrons. The van der Waals surface area contributed by atoms with Crippen molar-refractivity contribution in [3.63, 3.8) is 0 Å². The topological polar surface area (TPSA) is 43.4 Å². The maximum Gasteiger partial charge on any atom is 0.534 e. The van der Waals surface area contributed by atoms with E-state index in [1.54, 1.807) is 6.92 Å². The molecule has 0 spiro atoms. The molecule has 0 saturated heterocycles. The number of benzene rings is 1. The summed E-state index contributed by atoms with van der Waals surface area (Å²) < 4.78 is 77.7. The summed E-state index contributed by atoms with van der Waals surface area (Å²) in [6.07, 6.45) is 2.35. The van der Waals surface area contributed by atoms with E-state index in [0.29, 0.717) is 24.8 Å². The quantitative estimate of drug-likeness (QED) is 0.473. The molecule has 0 fully saturated rings. The van der Waals surface area contributed by atoms with E-state index in [1.807, 2.05) is 0 Å². The van der Waals surface area contributed by atoms with E-state index in [1.165, 1.54) is 18.2 Å². The van der Waals surface area contributed by atoms with Gasteiger partial charge in [-0.2, -0.15) is 21.6 Å². The lowest BCUT2D eigenvalue weighted by atomic mass is 9.98. The first-order valence-corrected chi connectivity index (χ1v) is 7.53. The Labute approximate surface area is 119 Å². The van der Waals surface area contributed by atoms with Crippen molar-refractivity contribution in [1.29, 1.82) is 0 Å². The smallest absolute Gasteiger partial charge is 0.376 e. The van der Waals surface area contributed by atoms with Crippen LogP contribution in [0.4, 0.5) is 17.6 Å². The van der Waals surface area contributed by atoms with Crippen LogP contribution in [0, 0.1) is 12.7 Å². The zero-order chi connectivity index (χ0) is 15.8. The predicted octanol–water partition coefficient (Wildman–Crippen LogP) is 3.68. The molecule has 0 aromatic heterocycles. The van der Waals surface area contributed by atoms with Crippen molar-refractivity contribution in [3.05, 3.63) is 40.7 Å². The van der Waals surface area contributed by atoms with E-state index in [-0.39, 0.29) is 11.1 Å². The summed E-state index contributed by atoms with van der Waals surface area (Å²) in [6.45, 7) is 1.56. The van der Waals surface area contributed by atoms with Gasteiger partial charge in [-0.1, -0.05) is 6.07 Å². The van der Waals surface area contributed by atoms with Crippen LogP contribution in [0.25, 0.3) is 5.76 Å². The van der Waals surface area contributed by atoms with Gasteiger partial charge in [-0.25, -0.2) is 4.39 Å². The molecular formula is C13H12F4O3S. The standard InChI is InChI=1S/C13H12F4O3S/c1-8-6-7-10(14)9-4-2-3-5-11(12(8)9)20-21(18,19)13(15,16)17/h5-7H,2-4H2,1H3. The highest BCUT2D eigenvalue weighted by Gasteiger charge is 2.49. The molecule has 0 amide bonds. The molecule has 1 aliphatic carbocycles. The second-order valence-corrected chi connectivity index (χ2v) is 6.20. The number of allylic oxidation sites excluding steroid dienone is 1. The van der Waals surface area contributed by atoms with Crippen LogP contribution in [0.1, 0.15) is 29.5 Å². The first-order chi connectivity index (χ1) is 9.63. The van der Waals surface area contributed by atoms with Gasteiger partial charge in [0.2, 0.25) is 0 Å². The second-order valence-electron chi connectivity index (χ2n) is 4.66. The third-order valence-electron chi connectivity index (χ3n) is 3.15. The van der Waals surface area contributed by atoms with Gasteiger partial charge in [0.25, 0.3) is 0 Å². The molecule has 0 heterocycles. The molecule has 1 aromatic carbocycles. The minimum atomic E-state index is -5.78. The Morgan fingerprint density at radius 1 is 1.24 bits per heavy atom. The molecule has 0 atom stereocenters. The van der Waals surface area contributed by atoms with Gasteiger partial charge < -0.3 is 4.18 Å². The van der Waals surface area contributed by atoms with Crippen molar-refractivity contribution in [2.45, 2.75) is 31.7 Å². The number of aryl methyl sites for hydroxylation is 1. The second kappa shape index (κ2) is 5.32. The summed E-state index contributed by atoms with van der Waals surface area (Å²) in [5.41, 5.74) is -4.81. The average molecular weight is 324 g/mol. The molecule has 1 aromatic rings. The van der Waals surface area contributed by atoms with Crippen molar-refractivity contribution in [2.24, 2.45) is 0 Å². The Bertz CT molecular complexity index is 690. The van der Waals surface area contributed by atoms with Gasteiger partial charge in [0, 0.05) is 5.56 Å². The van der Waals surface area contributed by atoms with Crippen LogP contribution in [-0.4, -0.2) is 13.9 Å². The Morgan fingerprint density at radius 2 is 1.90 bits per heavy atom. The molecule has 8 heteroatoms. The fourth-order valence-corrected chi connectivity index (χ4v) is 2.66. The van der Waals surface area contributed by atoms with Crippen molar-refractivity contribution in [1.82, 2.24) is 0 Å². The van der Waals surface area contributed by atoms with E-state index in [0.717, 1.165) is 0 Å². The van der Waals surface area contributed by atoms with E-state index in [9.17, 15) is 26.0 Å². The SMILES string of the molecule is Cc1ccc(F)c2c1C(OS(=O)(=O)C(F)(F)F)=CCCC2. The Balaban J connectivity index is 2.53. The van der Waals surface area contributed by atoms with Gasteiger partial charge >= 0.3 is 15.6 Å². The first kappa shape index (κ1) is 15.8. The summed E-state index contributed by atoms with van der Waals surface area (Å²) in [7, 11) is -5.78. The number of hydrogen-bond donors (Lipinski definition) is 0. The van der Waals surface area contributed by atoms with Crippen LogP contribution in [0.5, 0.6) is 0 Å². The molecule has 0 bridgehead atoms. The normalized spacial score (nSPS) is 16.0. The largest absolute Gasteiger partial charge is 0.534 e. The highest BCUT2D eigenvalue weighted by Crippen LogP contribution is 2.35. The lowest BCUT2D eigenvalue weighted by molar-refractivity contribution is -0.0509. The highest BCUT2D eigenvalue weighted by molar-refractivity contribution is 7.87. The van der Waals surface area contributed by atoms with Gasteiger partial charge in [0.1, 0.15) is 11.6 Å². The van der Waals surface area contributed by atoms with Gasteiger partial charge in [0.15, 0.2) is 0 Å². The summed E-state index contributed by atoms with van der Waals surface area (Å²) in [5, 5.41) is 0. The average Bonchev–Trinajstić information content (AvgIpc) is 2.55. The molecule has 0 saturated carbocycles. The minimum absolute atomic E-state index is 0.0836. The zero-order valence-corrected chi connectivity index (χ0v) is 11.8. The Morgan fingerprint density at radius 3 is 2.52 bits per heavy atom. The van der Waals surface area contributed by atoms with Crippen molar-refractivity contribution in [2.75, 3.05) is 0 Å². The van der Waals surface area contributed by atoms with Gasteiger partial charge in [-0.15, -0.1) is 0 Å². The van der Waals surface area contributed by atoms with Crippen LogP contribution in [0.15, 0.2) is 18.2 Å². The van der Waals surface area contributed by atoms with Gasteiger partial charge in [0.05, 0.1) is 0 Å². The van der Waals surface area contributed by atoms with Crippen LogP contribution in [0.3, 0.4) is 0 Å². The fourth-order valence-electron chi connectivity index (χ4n) is 2.18. The molecule has 0 unspecified atom stereocenters. The predicted molar refractivity (Wildman–Crippen MR) is 68.1 cm³/mol. The molecule has 3 nitrogen and oxygen atoms in total. The van der Waals surface area contributed by atoms with Crippen molar-refractivity contribution in [3.8, 4) is 0 Å². The Hall–Kier alpha value is -1.57. The maximum absolute atomic E-state index is 13.8. The third kappa shape index (κ3) is 3.04. The number of hydrogen-bond acceptors (Lipinski definition) is 3. The van der Waals surface area contributed by atoms with Crippen LogP contribution >= 0.6 is 0 Å². The van der Waals surface area contributed by atoms with Crippen LogP contribution in [-0.2, 0) is 20.7 Å². The summed E-state index contributed by atoms with van der Waals surface area (Å²) in [6, 6.07) is 2.58. The zero-order valence-electron chi connectivity index (χ0n) is 11.0. The van der Waals surface area contributed by atoms with E-state index >= 15 is 0 Å². The molecule has 1 aliphatic rings. The van der Waals surface area contributed by atoms with Gasteiger partial charge in [-0.3, -0.25) is 0 Å². The van der Waals surface area contributed by atoms with Crippen LogP contribution in [0.2, 0.25) is 0 Å². The monoisotopic (exact) mass is 324 g/mol. The van der Waals surface area contributed by atoms with E-state index in [2.05, 4.69) is 4.18 Å². The summed E-state index contributed by atoms with van der Waals surface area (Å²) in [5.74, 6) is -1.05. The molecular weight excluding hydrogens is 312 g/mol. The summed E-state index contributed by atoms with van der Waals surface area (Å²) in [4.78, 5) is 0. The summed E-state index contributed by atoms with van der Waals surface area (Å²) >= 11 is 0. The molecule has 2 rings (SSSR count). The van der Waals surface area contributed by atoms with Crippen LogP contribution < -0.4 is 0 Å². The number of alkyl halides is 3. The third-order valence-corrected chi connectivity index (χ3v) is 4.12. The fraction of sp³-hybridized carbons (Fsp3) is 0.385. The Kier molecular flexibility index (Phi) is 4.01. The molecule has 0 N–H and O–H groups in total. The van der Waals surface area contributed by atoms with E-state index in [4.69, 9.17) is 0 Å². The first-order valence-electron chi connectivity index (χ1n) is 6.13.